The number of nitrogens with one attached hydrogen (secondary N) is 2. The van der Waals surface area contributed by atoms with Crippen molar-refractivity contribution in [2.75, 3.05) is 12.4 Å². The number of nitriles is 1. The Kier molecular flexibility index (Phi) is 4.48. The van der Waals surface area contributed by atoms with E-state index in [1.165, 1.54) is 12.3 Å². The van der Waals surface area contributed by atoms with Gasteiger partial charge in [0.1, 0.15) is 11.6 Å². The highest BCUT2D eigenvalue weighted by Gasteiger charge is 2.25. The molecule has 0 bridgehead atoms. The van der Waals surface area contributed by atoms with Gasteiger partial charge in [-0.25, -0.2) is 4.98 Å². The number of hydrogen-bond acceptors (Lipinski definition) is 6. The first-order valence-electron chi connectivity index (χ1n) is 6.63. The molecule has 106 valence electrons. The van der Waals surface area contributed by atoms with Gasteiger partial charge in [-0.15, -0.1) is 0 Å². The van der Waals surface area contributed by atoms with E-state index in [1.54, 1.807) is 0 Å². The van der Waals surface area contributed by atoms with Gasteiger partial charge in [0.2, 0.25) is 5.82 Å². The van der Waals surface area contributed by atoms with Crippen LogP contribution < -0.4 is 10.6 Å². The van der Waals surface area contributed by atoms with Crippen LogP contribution in [0.25, 0.3) is 0 Å². The summed E-state index contributed by atoms with van der Waals surface area (Å²) in [6.07, 6.45) is 5.34. The molecule has 7 nitrogen and oxygen atoms in total. The van der Waals surface area contributed by atoms with Gasteiger partial charge in [-0.3, -0.25) is 10.1 Å². The van der Waals surface area contributed by atoms with Gasteiger partial charge in [0.25, 0.3) is 0 Å². The fraction of sp³-hybridized carbons (Fsp3) is 0.538. The lowest BCUT2D eigenvalue weighted by molar-refractivity contribution is -0.384. The third kappa shape index (κ3) is 3.03. The molecule has 1 heterocycles. The van der Waals surface area contributed by atoms with Crippen LogP contribution in [-0.4, -0.2) is 29.0 Å². The summed E-state index contributed by atoms with van der Waals surface area (Å²) in [5, 5.41) is 26.4. The van der Waals surface area contributed by atoms with Crippen molar-refractivity contribution < 1.29 is 4.92 Å². The van der Waals surface area contributed by atoms with Crippen molar-refractivity contribution in [3.63, 3.8) is 0 Å². The fourth-order valence-electron chi connectivity index (χ4n) is 2.55. The molecule has 0 radical (unpaired) electrons. The van der Waals surface area contributed by atoms with E-state index in [-0.39, 0.29) is 23.1 Å². The number of nitro groups is 1. The van der Waals surface area contributed by atoms with Crippen LogP contribution in [0.2, 0.25) is 0 Å². The van der Waals surface area contributed by atoms with E-state index in [0.29, 0.717) is 6.04 Å². The van der Waals surface area contributed by atoms with Crippen molar-refractivity contribution in [2.45, 2.75) is 37.8 Å². The average molecular weight is 275 g/mol. The second-order valence-electron chi connectivity index (χ2n) is 4.91. The summed E-state index contributed by atoms with van der Waals surface area (Å²) in [6, 6.07) is 3.88. The summed E-state index contributed by atoms with van der Waals surface area (Å²) >= 11 is 0. The van der Waals surface area contributed by atoms with Gasteiger partial charge < -0.3 is 10.6 Å². The van der Waals surface area contributed by atoms with Crippen LogP contribution in [0.15, 0.2) is 12.3 Å². The molecule has 0 aromatic carbocycles. The zero-order chi connectivity index (χ0) is 14.5. The standard InChI is InChI=1S/C13H17N5O2/c1-15-10-2-4-11(5-3-10)17-13-12(18(19)20)9(8-14)6-7-16-13/h6-7,10-11,15H,2-5H2,1H3,(H,16,17). The summed E-state index contributed by atoms with van der Waals surface area (Å²) in [5.74, 6) is 0.196. The number of pyridine rings is 1. The minimum absolute atomic E-state index is 0.0383. The molecule has 2 N–H and O–H groups in total. The number of nitrogens with zero attached hydrogens (tertiary/aromatic N) is 3. The summed E-state index contributed by atoms with van der Waals surface area (Å²) < 4.78 is 0. The number of hydrogen-bond donors (Lipinski definition) is 2. The lowest BCUT2D eigenvalue weighted by Crippen LogP contribution is -2.35. The van der Waals surface area contributed by atoms with E-state index < -0.39 is 4.92 Å². The van der Waals surface area contributed by atoms with Crippen molar-refractivity contribution in [1.29, 1.82) is 5.26 Å². The van der Waals surface area contributed by atoms with Gasteiger partial charge in [0.05, 0.1) is 4.92 Å². The normalized spacial score (nSPS) is 22.0. The first-order valence-corrected chi connectivity index (χ1v) is 6.63. The molecule has 1 saturated carbocycles. The third-order valence-electron chi connectivity index (χ3n) is 3.70. The van der Waals surface area contributed by atoms with Gasteiger partial charge in [0, 0.05) is 18.3 Å². The lowest BCUT2D eigenvalue weighted by Gasteiger charge is -2.29. The monoisotopic (exact) mass is 275 g/mol. The number of rotatable bonds is 4. The maximum Gasteiger partial charge on any atom is 0.328 e. The minimum Gasteiger partial charge on any atom is -0.362 e. The largest absolute Gasteiger partial charge is 0.362 e. The van der Waals surface area contributed by atoms with E-state index >= 15 is 0 Å². The van der Waals surface area contributed by atoms with Crippen molar-refractivity contribution >= 4 is 11.5 Å². The molecule has 1 aliphatic rings. The number of anilines is 1. The fourth-order valence-corrected chi connectivity index (χ4v) is 2.55. The Bertz CT molecular complexity index is 532. The predicted octanol–water partition coefficient (Wildman–Crippen LogP) is 1.80. The van der Waals surface area contributed by atoms with Gasteiger partial charge in [0.15, 0.2) is 0 Å². The Balaban J connectivity index is 2.14. The van der Waals surface area contributed by atoms with Crippen LogP contribution in [0.1, 0.15) is 31.2 Å². The maximum absolute atomic E-state index is 11.1. The zero-order valence-electron chi connectivity index (χ0n) is 11.3. The highest BCUT2D eigenvalue weighted by Crippen LogP contribution is 2.29. The molecule has 2 rings (SSSR count). The molecule has 0 aliphatic heterocycles. The topological polar surface area (TPSA) is 104 Å². The first kappa shape index (κ1) is 14.2. The van der Waals surface area contributed by atoms with Crippen LogP contribution in [0.5, 0.6) is 0 Å². The van der Waals surface area contributed by atoms with Crippen LogP contribution in [0.4, 0.5) is 11.5 Å². The Labute approximate surface area is 117 Å². The highest BCUT2D eigenvalue weighted by atomic mass is 16.6. The van der Waals surface area contributed by atoms with Crippen molar-refractivity contribution in [3.05, 3.63) is 27.9 Å². The second kappa shape index (κ2) is 6.30. The molecule has 20 heavy (non-hydrogen) atoms. The van der Waals surface area contributed by atoms with Gasteiger partial charge in [-0.05, 0) is 38.8 Å². The molecule has 0 unspecified atom stereocenters. The summed E-state index contributed by atoms with van der Waals surface area (Å²) in [4.78, 5) is 14.6. The Morgan fingerprint density at radius 3 is 2.60 bits per heavy atom. The highest BCUT2D eigenvalue weighted by molar-refractivity contribution is 5.64. The molecule has 1 aromatic rings. The Hall–Kier alpha value is -2.20. The van der Waals surface area contributed by atoms with Crippen molar-refractivity contribution in [2.24, 2.45) is 0 Å². The molecule has 1 aromatic heterocycles. The van der Waals surface area contributed by atoms with Gasteiger partial charge in [-0.1, -0.05) is 0 Å². The smallest absolute Gasteiger partial charge is 0.328 e. The third-order valence-corrected chi connectivity index (χ3v) is 3.70. The second-order valence-corrected chi connectivity index (χ2v) is 4.91. The first-order chi connectivity index (χ1) is 9.65. The molecule has 0 spiro atoms. The van der Waals surface area contributed by atoms with Crippen LogP contribution in [0.3, 0.4) is 0 Å². The summed E-state index contributed by atoms with van der Waals surface area (Å²) in [5.41, 5.74) is -0.192. The van der Waals surface area contributed by atoms with Gasteiger partial charge >= 0.3 is 5.69 Å². The molecule has 1 aliphatic carbocycles. The molecule has 0 amide bonds. The quantitative estimate of drug-likeness (QED) is 0.641. The van der Waals surface area contributed by atoms with E-state index in [9.17, 15) is 10.1 Å². The van der Waals surface area contributed by atoms with Crippen LogP contribution in [0, 0.1) is 21.4 Å². The Morgan fingerprint density at radius 2 is 2.05 bits per heavy atom. The molecule has 0 saturated heterocycles. The SMILES string of the molecule is CNC1CCC(Nc2nccc(C#N)c2[N+](=O)[O-])CC1. The van der Waals surface area contributed by atoms with E-state index in [1.807, 2.05) is 13.1 Å². The van der Waals surface area contributed by atoms with E-state index in [4.69, 9.17) is 5.26 Å². The van der Waals surface area contributed by atoms with Crippen molar-refractivity contribution in [3.8, 4) is 6.07 Å². The maximum atomic E-state index is 11.1. The summed E-state index contributed by atoms with van der Waals surface area (Å²) in [6.45, 7) is 0. The van der Waals surface area contributed by atoms with Crippen molar-refractivity contribution in [1.82, 2.24) is 10.3 Å². The Morgan fingerprint density at radius 1 is 1.40 bits per heavy atom. The number of aromatic nitrogens is 1. The molecular weight excluding hydrogens is 258 g/mol. The lowest BCUT2D eigenvalue weighted by atomic mass is 9.91. The zero-order valence-corrected chi connectivity index (χ0v) is 11.3. The van der Waals surface area contributed by atoms with Gasteiger partial charge in [-0.2, -0.15) is 5.26 Å². The molecular formula is C13H17N5O2. The van der Waals surface area contributed by atoms with Crippen LogP contribution >= 0.6 is 0 Å². The van der Waals surface area contributed by atoms with E-state index in [0.717, 1.165) is 25.7 Å². The molecule has 1 fully saturated rings. The van der Waals surface area contributed by atoms with E-state index in [2.05, 4.69) is 15.6 Å². The summed E-state index contributed by atoms with van der Waals surface area (Å²) in [7, 11) is 1.95. The van der Waals surface area contributed by atoms with Crippen LogP contribution in [-0.2, 0) is 0 Å². The predicted molar refractivity (Wildman–Crippen MR) is 74.3 cm³/mol. The minimum atomic E-state index is -0.548. The average Bonchev–Trinajstić information content (AvgIpc) is 2.47. The molecule has 0 atom stereocenters. The molecule has 7 heteroatoms.